The zero-order chi connectivity index (χ0) is 19.8. The quantitative estimate of drug-likeness (QED) is 0.459. The molecule has 0 radical (unpaired) electrons. The number of fused-ring (bicyclic) bond motifs is 2. The Bertz CT molecular complexity index is 1370. The first kappa shape index (κ1) is 16.9. The number of carboxylic acid groups (broad SMARTS) is 1. The minimum atomic E-state index is -0.968. The van der Waals surface area contributed by atoms with Crippen LogP contribution >= 0.6 is 0 Å². The van der Waals surface area contributed by atoms with Crippen LogP contribution in [0, 0.1) is 0 Å². The molecule has 29 heavy (non-hydrogen) atoms. The predicted octanol–water partition coefficient (Wildman–Crippen LogP) is 4.99. The Morgan fingerprint density at radius 2 is 1.76 bits per heavy atom. The number of rotatable bonds is 4. The molecule has 5 rings (SSSR count). The summed E-state index contributed by atoms with van der Waals surface area (Å²) in [5.41, 5.74) is 3.55. The standard InChI is InChI=1S/C23H16N4O2/c28-23(29)16-7-3-8-17(13-16)25-21-11-12-22-24-14-20(27(22)26-21)19-10-4-6-15-5-1-2-9-18(15)19/h1-14H,(H,25,26)(H,28,29). The van der Waals surface area contributed by atoms with Gasteiger partial charge in [0.2, 0.25) is 0 Å². The van der Waals surface area contributed by atoms with E-state index in [1.807, 2.05) is 36.5 Å². The van der Waals surface area contributed by atoms with Gasteiger partial charge in [-0.1, -0.05) is 48.5 Å². The lowest BCUT2D eigenvalue weighted by atomic mass is 10.0. The van der Waals surface area contributed by atoms with Gasteiger partial charge in [-0.15, -0.1) is 5.10 Å². The highest BCUT2D eigenvalue weighted by Crippen LogP contribution is 2.29. The number of imidazole rings is 1. The Morgan fingerprint density at radius 3 is 2.66 bits per heavy atom. The minimum Gasteiger partial charge on any atom is -0.478 e. The monoisotopic (exact) mass is 380 g/mol. The molecule has 6 heteroatoms. The molecule has 0 spiro atoms. The number of aromatic nitrogens is 3. The van der Waals surface area contributed by atoms with E-state index in [4.69, 9.17) is 0 Å². The van der Waals surface area contributed by atoms with Crippen LogP contribution < -0.4 is 5.32 Å². The summed E-state index contributed by atoms with van der Waals surface area (Å²) in [7, 11) is 0. The second kappa shape index (κ2) is 6.76. The molecule has 0 saturated carbocycles. The fraction of sp³-hybridized carbons (Fsp3) is 0. The number of hydrogen-bond donors (Lipinski definition) is 2. The van der Waals surface area contributed by atoms with Crippen molar-refractivity contribution < 1.29 is 9.90 Å². The van der Waals surface area contributed by atoms with Crippen LogP contribution in [0.3, 0.4) is 0 Å². The van der Waals surface area contributed by atoms with Gasteiger partial charge in [-0.05, 0) is 41.1 Å². The molecule has 0 fully saturated rings. The van der Waals surface area contributed by atoms with Crippen LogP contribution in [0.1, 0.15) is 10.4 Å². The third kappa shape index (κ3) is 3.06. The molecule has 0 atom stereocenters. The van der Waals surface area contributed by atoms with Crippen molar-refractivity contribution >= 4 is 33.9 Å². The second-order valence-electron chi connectivity index (χ2n) is 6.67. The van der Waals surface area contributed by atoms with E-state index in [2.05, 4.69) is 39.7 Å². The summed E-state index contributed by atoms with van der Waals surface area (Å²) in [6.45, 7) is 0. The van der Waals surface area contributed by atoms with Gasteiger partial charge >= 0.3 is 5.97 Å². The van der Waals surface area contributed by atoms with Crippen LogP contribution in [-0.2, 0) is 0 Å². The van der Waals surface area contributed by atoms with E-state index in [1.54, 1.807) is 28.8 Å². The van der Waals surface area contributed by atoms with Crippen molar-refractivity contribution in [1.82, 2.24) is 14.6 Å². The van der Waals surface area contributed by atoms with E-state index in [0.29, 0.717) is 11.5 Å². The maximum Gasteiger partial charge on any atom is 0.335 e. The first-order valence-corrected chi connectivity index (χ1v) is 9.12. The number of anilines is 2. The summed E-state index contributed by atoms with van der Waals surface area (Å²) < 4.78 is 1.80. The van der Waals surface area contributed by atoms with E-state index in [1.165, 1.54) is 0 Å². The van der Waals surface area contributed by atoms with E-state index in [0.717, 1.165) is 27.7 Å². The topological polar surface area (TPSA) is 79.5 Å². The average Bonchev–Trinajstić information content (AvgIpc) is 3.16. The molecule has 0 amide bonds. The highest BCUT2D eigenvalue weighted by Gasteiger charge is 2.11. The maximum absolute atomic E-state index is 11.2. The number of hydrogen-bond acceptors (Lipinski definition) is 4. The zero-order valence-electron chi connectivity index (χ0n) is 15.3. The van der Waals surface area contributed by atoms with E-state index < -0.39 is 5.97 Å². The molecule has 0 aliphatic heterocycles. The molecule has 0 aliphatic rings. The second-order valence-corrected chi connectivity index (χ2v) is 6.67. The summed E-state index contributed by atoms with van der Waals surface area (Å²) in [4.78, 5) is 15.7. The summed E-state index contributed by atoms with van der Waals surface area (Å²) in [6.07, 6.45) is 1.82. The Labute approximate surface area is 166 Å². The summed E-state index contributed by atoms with van der Waals surface area (Å²) in [5.74, 6) is -0.371. The van der Waals surface area contributed by atoms with Crippen LogP contribution in [0.25, 0.3) is 27.7 Å². The van der Waals surface area contributed by atoms with E-state index in [9.17, 15) is 9.90 Å². The van der Waals surface area contributed by atoms with Gasteiger partial charge in [-0.25, -0.2) is 14.3 Å². The summed E-state index contributed by atoms with van der Waals surface area (Å²) >= 11 is 0. The third-order valence-corrected chi connectivity index (χ3v) is 4.81. The molecular formula is C23H16N4O2. The molecule has 2 N–H and O–H groups in total. The molecule has 0 bridgehead atoms. The molecule has 6 nitrogen and oxygen atoms in total. The Hall–Kier alpha value is -4.19. The highest BCUT2D eigenvalue weighted by molar-refractivity contribution is 5.96. The molecule has 3 aromatic carbocycles. The molecule has 0 saturated heterocycles. The normalized spacial score (nSPS) is 11.0. The average molecular weight is 380 g/mol. The van der Waals surface area contributed by atoms with Crippen molar-refractivity contribution in [3.63, 3.8) is 0 Å². The van der Waals surface area contributed by atoms with Gasteiger partial charge in [0.15, 0.2) is 11.5 Å². The minimum absolute atomic E-state index is 0.218. The number of nitrogens with zero attached hydrogens (tertiary/aromatic N) is 3. The molecule has 2 heterocycles. The van der Waals surface area contributed by atoms with E-state index in [-0.39, 0.29) is 5.56 Å². The largest absolute Gasteiger partial charge is 0.478 e. The van der Waals surface area contributed by atoms with Crippen LogP contribution in [0.2, 0.25) is 0 Å². The van der Waals surface area contributed by atoms with Crippen molar-refractivity contribution in [2.45, 2.75) is 0 Å². The van der Waals surface area contributed by atoms with Crippen molar-refractivity contribution in [3.8, 4) is 11.3 Å². The molecule has 0 aliphatic carbocycles. The van der Waals surface area contributed by atoms with Gasteiger partial charge in [0.05, 0.1) is 17.5 Å². The molecule has 2 aromatic heterocycles. The fourth-order valence-electron chi connectivity index (χ4n) is 3.45. The van der Waals surface area contributed by atoms with Crippen molar-refractivity contribution in [1.29, 1.82) is 0 Å². The molecular weight excluding hydrogens is 364 g/mol. The van der Waals surface area contributed by atoms with Crippen molar-refractivity contribution in [2.75, 3.05) is 5.32 Å². The van der Waals surface area contributed by atoms with Crippen molar-refractivity contribution in [3.05, 3.63) is 90.6 Å². The molecule has 5 aromatic rings. The lowest BCUT2D eigenvalue weighted by molar-refractivity contribution is 0.0697. The molecule has 0 unspecified atom stereocenters. The SMILES string of the molecule is O=C(O)c1cccc(Nc2ccc3ncc(-c4cccc5ccccc45)n3n2)c1. The fourth-order valence-corrected chi connectivity index (χ4v) is 3.45. The number of nitrogens with one attached hydrogen (secondary N) is 1. The van der Waals surface area contributed by atoms with Crippen LogP contribution in [-0.4, -0.2) is 25.7 Å². The third-order valence-electron chi connectivity index (χ3n) is 4.81. The van der Waals surface area contributed by atoms with Crippen LogP contribution in [0.15, 0.2) is 85.1 Å². The first-order valence-electron chi connectivity index (χ1n) is 9.12. The van der Waals surface area contributed by atoms with Gasteiger partial charge in [0, 0.05) is 11.3 Å². The van der Waals surface area contributed by atoms with Crippen LogP contribution in [0.5, 0.6) is 0 Å². The Morgan fingerprint density at radius 1 is 0.931 bits per heavy atom. The number of benzene rings is 3. The Kier molecular flexibility index (Phi) is 3.95. The summed E-state index contributed by atoms with van der Waals surface area (Å²) in [6, 6.07) is 24.7. The number of carboxylic acids is 1. The van der Waals surface area contributed by atoms with Gasteiger partial charge in [-0.3, -0.25) is 0 Å². The van der Waals surface area contributed by atoms with Gasteiger partial charge in [0.25, 0.3) is 0 Å². The molecule has 140 valence electrons. The lowest BCUT2D eigenvalue weighted by Crippen LogP contribution is -2.02. The Balaban J connectivity index is 1.59. The lowest BCUT2D eigenvalue weighted by Gasteiger charge is -2.09. The van der Waals surface area contributed by atoms with Gasteiger partial charge in [0.1, 0.15) is 0 Å². The smallest absolute Gasteiger partial charge is 0.335 e. The predicted molar refractivity (Wildman–Crippen MR) is 113 cm³/mol. The van der Waals surface area contributed by atoms with Crippen LogP contribution in [0.4, 0.5) is 11.5 Å². The zero-order valence-corrected chi connectivity index (χ0v) is 15.3. The van der Waals surface area contributed by atoms with Gasteiger partial charge in [-0.2, -0.15) is 0 Å². The first-order chi connectivity index (χ1) is 14.2. The number of carbonyl (C=O) groups is 1. The van der Waals surface area contributed by atoms with Gasteiger partial charge < -0.3 is 10.4 Å². The van der Waals surface area contributed by atoms with E-state index >= 15 is 0 Å². The maximum atomic E-state index is 11.2. The number of aromatic carboxylic acids is 1. The summed E-state index contributed by atoms with van der Waals surface area (Å²) in [5, 5.41) is 19.3. The van der Waals surface area contributed by atoms with Crippen molar-refractivity contribution in [2.24, 2.45) is 0 Å². The highest BCUT2D eigenvalue weighted by atomic mass is 16.4.